The monoisotopic (exact) mass is 324 g/mol. The van der Waals surface area contributed by atoms with E-state index in [1.54, 1.807) is 11.8 Å². The van der Waals surface area contributed by atoms with Crippen molar-refractivity contribution in [2.24, 2.45) is 5.92 Å². The van der Waals surface area contributed by atoms with Gasteiger partial charge in [-0.15, -0.1) is 0 Å². The number of amidine groups is 2. The molecule has 3 N–H and O–H groups in total. The molecule has 1 atom stereocenters. The number of nitrogens with zero attached hydrogens (tertiary/aromatic N) is 1. The zero-order valence-electron chi connectivity index (χ0n) is 11.8. The zero-order chi connectivity index (χ0) is 14.6. The first kappa shape index (κ1) is 15.7. The van der Waals surface area contributed by atoms with Gasteiger partial charge in [-0.1, -0.05) is 36.7 Å². The molecule has 5 heteroatoms. The van der Waals surface area contributed by atoms with Gasteiger partial charge in [-0.3, -0.25) is 15.7 Å². The molecular formula is C14H21BrN4. The van der Waals surface area contributed by atoms with Gasteiger partial charge in [0.15, 0.2) is 0 Å². The molecule has 4 nitrogen and oxygen atoms in total. The van der Waals surface area contributed by atoms with Crippen molar-refractivity contribution in [2.75, 3.05) is 16.8 Å². The lowest BCUT2D eigenvalue weighted by molar-refractivity contribution is 0.807. The maximum absolute atomic E-state index is 8.14. The van der Waals surface area contributed by atoms with E-state index in [-0.39, 0.29) is 5.92 Å². The molecule has 2 rings (SSSR count). The highest BCUT2D eigenvalue weighted by atomic mass is 79.9. The Kier molecular flexibility index (Phi) is 5.54. The van der Waals surface area contributed by atoms with Gasteiger partial charge in [-0.2, -0.15) is 0 Å². The first-order valence-corrected chi connectivity index (χ1v) is 7.27. The first-order valence-electron chi connectivity index (χ1n) is 6.48. The number of halogens is 1. The van der Waals surface area contributed by atoms with Gasteiger partial charge in [0.1, 0.15) is 11.7 Å². The molecule has 1 aromatic carbocycles. The standard InChI is InChI=1S/C12H15BrN4.C2H6/c1-7-6-16-10-5-9(13)3-4-11(10)17(8(2)14)12(7)15;1-2/h3-5,7,14-16H,6H2,1-2H3;1-2H3/t7-;/m1./s1. The third-order valence-electron chi connectivity index (χ3n) is 2.84. The van der Waals surface area contributed by atoms with Crippen LogP contribution >= 0.6 is 15.9 Å². The quantitative estimate of drug-likeness (QED) is 0.491. The number of hydrogen-bond acceptors (Lipinski definition) is 3. The van der Waals surface area contributed by atoms with Crippen LogP contribution < -0.4 is 10.2 Å². The molecule has 0 aliphatic carbocycles. The second kappa shape index (κ2) is 6.70. The largest absolute Gasteiger partial charge is 0.383 e. The van der Waals surface area contributed by atoms with E-state index in [9.17, 15) is 0 Å². The van der Waals surface area contributed by atoms with Crippen LogP contribution in [0.2, 0.25) is 0 Å². The van der Waals surface area contributed by atoms with Crippen molar-refractivity contribution in [3.05, 3.63) is 22.7 Å². The summed E-state index contributed by atoms with van der Waals surface area (Å²) >= 11 is 3.44. The SMILES string of the molecule is CC.CC(=N)N1C(=N)[C@H](C)CNc2cc(Br)ccc21. The average molecular weight is 325 g/mol. The Morgan fingerprint density at radius 3 is 2.63 bits per heavy atom. The predicted molar refractivity (Wildman–Crippen MR) is 86.8 cm³/mol. The highest BCUT2D eigenvalue weighted by Gasteiger charge is 2.25. The van der Waals surface area contributed by atoms with Gasteiger partial charge in [-0.25, -0.2) is 0 Å². The zero-order valence-corrected chi connectivity index (χ0v) is 13.4. The van der Waals surface area contributed by atoms with Crippen LogP contribution in [0.15, 0.2) is 22.7 Å². The minimum Gasteiger partial charge on any atom is -0.383 e. The second-order valence-corrected chi connectivity index (χ2v) is 5.17. The minimum atomic E-state index is 0.0847. The van der Waals surface area contributed by atoms with E-state index in [0.29, 0.717) is 18.2 Å². The first-order chi connectivity index (χ1) is 9.00. The van der Waals surface area contributed by atoms with E-state index in [1.807, 2.05) is 39.0 Å². The van der Waals surface area contributed by atoms with Crippen molar-refractivity contribution in [1.82, 2.24) is 0 Å². The highest BCUT2D eigenvalue weighted by Crippen LogP contribution is 2.33. The lowest BCUT2D eigenvalue weighted by Crippen LogP contribution is -2.38. The number of benzene rings is 1. The lowest BCUT2D eigenvalue weighted by atomic mass is 10.1. The van der Waals surface area contributed by atoms with E-state index < -0.39 is 0 Å². The normalized spacial score (nSPS) is 17.6. The third kappa shape index (κ3) is 3.35. The summed E-state index contributed by atoms with van der Waals surface area (Å²) in [6, 6.07) is 5.84. The Morgan fingerprint density at radius 2 is 2.05 bits per heavy atom. The van der Waals surface area contributed by atoms with E-state index in [0.717, 1.165) is 15.8 Å². The summed E-state index contributed by atoms with van der Waals surface area (Å²) in [5.41, 5.74) is 1.83. The summed E-state index contributed by atoms with van der Waals surface area (Å²) < 4.78 is 0.993. The van der Waals surface area contributed by atoms with Gasteiger partial charge in [0.25, 0.3) is 0 Å². The van der Waals surface area contributed by atoms with Crippen molar-refractivity contribution in [3.8, 4) is 0 Å². The van der Waals surface area contributed by atoms with Crippen LogP contribution in [-0.2, 0) is 0 Å². The van der Waals surface area contributed by atoms with Crippen molar-refractivity contribution in [1.29, 1.82) is 10.8 Å². The van der Waals surface area contributed by atoms with Crippen LogP contribution in [0.1, 0.15) is 27.7 Å². The average Bonchev–Trinajstić information content (AvgIpc) is 2.51. The number of anilines is 2. The van der Waals surface area contributed by atoms with Gasteiger partial charge in [0.05, 0.1) is 11.4 Å². The summed E-state index contributed by atoms with van der Waals surface area (Å²) in [6.45, 7) is 8.41. The fourth-order valence-corrected chi connectivity index (χ4v) is 2.28. The second-order valence-electron chi connectivity index (χ2n) is 4.25. The number of rotatable bonds is 0. The molecule has 0 radical (unpaired) electrons. The Labute approximate surface area is 123 Å². The predicted octanol–water partition coefficient (Wildman–Crippen LogP) is 4.32. The van der Waals surface area contributed by atoms with Gasteiger partial charge in [0.2, 0.25) is 0 Å². The van der Waals surface area contributed by atoms with E-state index in [1.165, 1.54) is 0 Å². The summed E-state index contributed by atoms with van der Waals surface area (Å²) in [6.07, 6.45) is 0. The highest BCUT2D eigenvalue weighted by molar-refractivity contribution is 9.10. The molecule has 0 unspecified atom stereocenters. The molecule has 0 amide bonds. The maximum Gasteiger partial charge on any atom is 0.111 e. The number of fused-ring (bicyclic) bond motifs is 1. The molecule has 1 aliphatic heterocycles. The number of nitrogens with one attached hydrogen (secondary N) is 3. The molecule has 1 aromatic rings. The van der Waals surface area contributed by atoms with Crippen LogP contribution in [0.3, 0.4) is 0 Å². The van der Waals surface area contributed by atoms with E-state index >= 15 is 0 Å². The van der Waals surface area contributed by atoms with Crippen LogP contribution in [0, 0.1) is 16.7 Å². The molecular weight excluding hydrogens is 304 g/mol. The fraction of sp³-hybridized carbons (Fsp3) is 0.429. The smallest absolute Gasteiger partial charge is 0.111 e. The Balaban J connectivity index is 0.000000861. The Morgan fingerprint density at radius 1 is 1.42 bits per heavy atom. The molecule has 0 bridgehead atoms. The van der Waals surface area contributed by atoms with Crippen LogP contribution in [0.5, 0.6) is 0 Å². The molecule has 0 fully saturated rings. The molecule has 0 spiro atoms. The van der Waals surface area contributed by atoms with E-state index in [2.05, 4.69) is 21.2 Å². The summed E-state index contributed by atoms with van der Waals surface area (Å²) in [5, 5.41) is 19.3. The van der Waals surface area contributed by atoms with Crippen molar-refractivity contribution in [2.45, 2.75) is 27.7 Å². The maximum atomic E-state index is 8.14. The topological polar surface area (TPSA) is 63.0 Å². The third-order valence-corrected chi connectivity index (χ3v) is 3.33. The van der Waals surface area contributed by atoms with Crippen molar-refractivity contribution >= 4 is 39.0 Å². The Bertz CT molecular complexity index is 484. The molecule has 0 aromatic heterocycles. The lowest BCUT2D eigenvalue weighted by Gasteiger charge is -2.25. The Hall–Kier alpha value is -1.36. The summed E-state index contributed by atoms with van der Waals surface area (Å²) in [7, 11) is 0. The molecule has 1 aliphatic rings. The van der Waals surface area contributed by atoms with Crippen molar-refractivity contribution < 1.29 is 0 Å². The summed E-state index contributed by atoms with van der Waals surface area (Å²) in [4.78, 5) is 1.69. The fourth-order valence-electron chi connectivity index (χ4n) is 1.92. The minimum absolute atomic E-state index is 0.0847. The van der Waals surface area contributed by atoms with Gasteiger partial charge >= 0.3 is 0 Å². The number of hydrogen-bond donors (Lipinski definition) is 3. The van der Waals surface area contributed by atoms with Crippen LogP contribution in [0.25, 0.3) is 0 Å². The van der Waals surface area contributed by atoms with E-state index in [4.69, 9.17) is 10.8 Å². The van der Waals surface area contributed by atoms with Crippen LogP contribution in [0.4, 0.5) is 11.4 Å². The van der Waals surface area contributed by atoms with Crippen LogP contribution in [-0.4, -0.2) is 18.2 Å². The summed E-state index contributed by atoms with van der Waals surface area (Å²) in [5.74, 6) is 0.918. The molecule has 0 saturated carbocycles. The van der Waals surface area contributed by atoms with Crippen molar-refractivity contribution in [3.63, 3.8) is 0 Å². The van der Waals surface area contributed by atoms with Gasteiger partial charge in [-0.05, 0) is 25.1 Å². The molecule has 0 saturated heterocycles. The molecule has 104 valence electrons. The molecule has 19 heavy (non-hydrogen) atoms. The van der Waals surface area contributed by atoms with Gasteiger partial charge < -0.3 is 5.32 Å². The van der Waals surface area contributed by atoms with Gasteiger partial charge in [0, 0.05) is 16.9 Å². The molecule has 1 heterocycles.